The van der Waals surface area contributed by atoms with Crippen LogP contribution in [-0.4, -0.2) is 11.9 Å². The largest absolute Gasteiger partial charge is 1.00 e. The molecule has 0 atom stereocenters. The van der Waals surface area contributed by atoms with Crippen molar-refractivity contribution in [2.75, 3.05) is 0 Å². The number of rotatable bonds is 5. The first-order valence-electron chi connectivity index (χ1n) is 10.5. The average Bonchev–Trinajstić information content (AvgIpc) is 3.28. The van der Waals surface area contributed by atoms with Gasteiger partial charge in [0.05, 0.1) is 0 Å². The molecule has 0 bridgehead atoms. The second-order valence-corrected chi connectivity index (χ2v) is 11.5. The molecule has 6 heteroatoms. The van der Waals surface area contributed by atoms with E-state index in [1.54, 1.807) is 0 Å². The topological polar surface area (TPSA) is 38.7 Å². The monoisotopic (exact) mass is 503 g/mol. The van der Waals surface area contributed by atoms with Crippen molar-refractivity contribution in [3.63, 3.8) is 0 Å². The van der Waals surface area contributed by atoms with Crippen molar-refractivity contribution in [2.24, 2.45) is 4.99 Å². The van der Waals surface area contributed by atoms with E-state index in [0.717, 1.165) is 21.5 Å². The van der Waals surface area contributed by atoms with Gasteiger partial charge in [0.2, 0.25) is 16.4 Å². The number of cyclic esters (lactones) is 1. The number of hydrogen-bond donors (Lipinski definition) is 0. The van der Waals surface area contributed by atoms with Crippen LogP contribution in [0, 0.1) is 0 Å². The molecule has 0 spiro atoms. The van der Waals surface area contributed by atoms with Crippen LogP contribution < -0.4 is 28.3 Å². The second-order valence-electron chi connectivity index (χ2n) is 7.49. The molecule has 0 saturated carbocycles. The standard InChI is InChI=1S/C28H20ClNO2P.ClH/c29-26(25-28(31)32-27(30-25)21-13-5-1-6-14-21)33(22-15-7-2-8-16-22,23-17-9-3-10-18-23)24-19-11-4-12-20-24;/h1-20H;1H/q+1;/p-1/b26-25+;. The Balaban J connectivity index is 0.00000274. The van der Waals surface area contributed by atoms with E-state index in [-0.39, 0.29) is 24.0 Å². The van der Waals surface area contributed by atoms with E-state index in [9.17, 15) is 4.79 Å². The first-order chi connectivity index (χ1) is 16.2. The lowest BCUT2D eigenvalue weighted by Gasteiger charge is -2.26. The minimum atomic E-state index is -2.61. The Kier molecular flexibility index (Phi) is 7.29. The minimum Gasteiger partial charge on any atom is -1.00 e. The lowest BCUT2D eigenvalue weighted by molar-refractivity contribution is -0.130. The number of nitrogens with zero attached hydrogens (tertiary/aromatic N) is 1. The van der Waals surface area contributed by atoms with E-state index in [0.29, 0.717) is 4.77 Å². The maximum atomic E-state index is 13.1. The Morgan fingerprint density at radius 1 is 0.647 bits per heavy atom. The van der Waals surface area contributed by atoms with Gasteiger partial charge in [0.15, 0.2) is 7.26 Å². The van der Waals surface area contributed by atoms with Crippen molar-refractivity contribution in [1.82, 2.24) is 0 Å². The van der Waals surface area contributed by atoms with Crippen LogP contribution in [0.4, 0.5) is 0 Å². The molecule has 0 radical (unpaired) electrons. The van der Waals surface area contributed by atoms with Crippen LogP contribution in [0.2, 0.25) is 0 Å². The fourth-order valence-electron chi connectivity index (χ4n) is 4.04. The Morgan fingerprint density at radius 2 is 1.03 bits per heavy atom. The number of benzene rings is 4. The zero-order chi connectivity index (χ0) is 22.7. The third-order valence-corrected chi connectivity index (χ3v) is 10.5. The molecule has 3 nitrogen and oxygen atoms in total. The van der Waals surface area contributed by atoms with Crippen LogP contribution in [0.1, 0.15) is 5.56 Å². The molecule has 1 heterocycles. The predicted molar refractivity (Wildman–Crippen MR) is 137 cm³/mol. The summed E-state index contributed by atoms with van der Waals surface area (Å²) in [5.74, 6) is -0.271. The molecular weight excluding hydrogens is 484 g/mol. The molecule has 0 unspecified atom stereocenters. The number of esters is 1. The van der Waals surface area contributed by atoms with Crippen LogP contribution in [0.25, 0.3) is 0 Å². The molecule has 0 amide bonds. The summed E-state index contributed by atoms with van der Waals surface area (Å²) < 4.78 is 5.98. The highest BCUT2D eigenvalue weighted by molar-refractivity contribution is 8.00. The molecule has 0 fully saturated rings. The van der Waals surface area contributed by atoms with Crippen molar-refractivity contribution < 1.29 is 21.9 Å². The van der Waals surface area contributed by atoms with Gasteiger partial charge in [-0.15, -0.1) is 0 Å². The number of halogens is 2. The second kappa shape index (κ2) is 10.4. The van der Waals surface area contributed by atoms with Crippen molar-refractivity contribution in [2.45, 2.75) is 0 Å². The predicted octanol–water partition coefficient (Wildman–Crippen LogP) is 2.40. The summed E-state index contributed by atoms with van der Waals surface area (Å²) in [7, 11) is -2.61. The van der Waals surface area contributed by atoms with Gasteiger partial charge in [0.25, 0.3) is 0 Å². The molecule has 34 heavy (non-hydrogen) atoms. The SMILES string of the molecule is O=C1OC(c2ccccc2)=N/C1=C(\Cl)[P+](c1ccccc1)(c1ccccc1)c1ccccc1.[Cl-]. The van der Waals surface area contributed by atoms with Crippen LogP contribution in [0.15, 0.2) is 137 Å². The fourth-order valence-corrected chi connectivity index (χ4v) is 8.93. The number of aliphatic imine (C=N–C) groups is 1. The van der Waals surface area contributed by atoms with Gasteiger partial charge >= 0.3 is 5.97 Å². The van der Waals surface area contributed by atoms with Gasteiger partial charge in [-0.3, -0.25) is 0 Å². The van der Waals surface area contributed by atoms with Crippen molar-refractivity contribution >= 4 is 46.6 Å². The first kappa shape index (κ1) is 23.9. The quantitative estimate of drug-likeness (QED) is 0.238. The molecule has 0 aliphatic carbocycles. The van der Waals surface area contributed by atoms with E-state index in [1.165, 1.54) is 0 Å². The summed E-state index contributed by atoms with van der Waals surface area (Å²) in [4.78, 5) is 17.7. The summed E-state index contributed by atoms with van der Waals surface area (Å²) >= 11 is 7.28. The highest BCUT2D eigenvalue weighted by Crippen LogP contribution is 2.65. The molecule has 168 valence electrons. The summed E-state index contributed by atoms with van der Waals surface area (Å²) in [5, 5.41) is 3.11. The molecule has 5 rings (SSSR count). The van der Waals surface area contributed by atoms with E-state index in [2.05, 4.69) is 41.4 Å². The van der Waals surface area contributed by atoms with Crippen molar-refractivity contribution in [3.05, 3.63) is 137 Å². The Hall–Kier alpha value is -3.23. The lowest BCUT2D eigenvalue weighted by atomic mass is 10.2. The third kappa shape index (κ3) is 4.19. The van der Waals surface area contributed by atoms with E-state index >= 15 is 0 Å². The highest BCUT2D eigenvalue weighted by atomic mass is 35.5. The van der Waals surface area contributed by atoms with Gasteiger partial charge in [0, 0.05) is 5.56 Å². The van der Waals surface area contributed by atoms with Gasteiger partial charge in [-0.2, -0.15) is 0 Å². The molecule has 4 aromatic rings. The molecule has 4 aromatic carbocycles. The number of ether oxygens (including phenoxy) is 1. The van der Waals surface area contributed by atoms with Crippen LogP contribution in [-0.2, 0) is 9.53 Å². The average molecular weight is 504 g/mol. The van der Waals surface area contributed by atoms with Crippen molar-refractivity contribution in [3.8, 4) is 0 Å². The molecule has 1 aliphatic rings. The van der Waals surface area contributed by atoms with E-state index in [4.69, 9.17) is 16.3 Å². The van der Waals surface area contributed by atoms with Crippen LogP contribution in [0.3, 0.4) is 0 Å². The molecule has 0 saturated heterocycles. The smallest absolute Gasteiger partial charge is 0.369 e. The van der Waals surface area contributed by atoms with Gasteiger partial charge in [0.1, 0.15) is 15.9 Å². The van der Waals surface area contributed by atoms with Gasteiger partial charge < -0.3 is 17.1 Å². The summed E-state index contributed by atoms with van der Waals surface area (Å²) in [6.45, 7) is 0. The Bertz CT molecular complexity index is 1250. The summed E-state index contributed by atoms with van der Waals surface area (Å²) in [6.07, 6.45) is 0. The number of carbonyl (C=O) groups excluding carboxylic acids is 1. The summed E-state index contributed by atoms with van der Waals surface area (Å²) in [5.41, 5.74) is 0.883. The Labute approximate surface area is 210 Å². The van der Waals surface area contributed by atoms with Crippen LogP contribution >= 0.6 is 18.9 Å². The van der Waals surface area contributed by atoms with E-state index in [1.807, 2.05) is 84.9 Å². The van der Waals surface area contributed by atoms with Gasteiger partial charge in [-0.25, -0.2) is 9.79 Å². The number of hydrogen-bond acceptors (Lipinski definition) is 3. The molecular formula is C28H20Cl2NO2P. The third-order valence-electron chi connectivity index (χ3n) is 5.54. The minimum absolute atomic E-state index is 0. The maximum absolute atomic E-state index is 13.1. The molecule has 0 aromatic heterocycles. The first-order valence-corrected chi connectivity index (χ1v) is 12.7. The zero-order valence-electron chi connectivity index (χ0n) is 18.0. The van der Waals surface area contributed by atoms with Crippen LogP contribution in [0.5, 0.6) is 0 Å². The lowest BCUT2D eigenvalue weighted by Crippen LogP contribution is -3.00. The normalized spacial score (nSPS) is 14.6. The maximum Gasteiger partial charge on any atom is 0.369 e. The fraction of sp³-hybridized carbons (Fsp3) is 0. The molecule has 1 aliphatic heterocycles. The zero-order valence-corrected chi connectivity index (χ0v) is 20.4. The highest BCUT2D eigenvalue weighted by Gasteiger charge is 2.52. The Morgan fingerprint density at radius 3 is 1.44 bits per heavy atom. The molecule has 0 N–H and O–H groups in total. The summed E-state index contributed by atoms with van der Waals surface area (Å²) in [6, 6.07) is 39.7. The van der Waals surface area contributed by atoms with E-state index < -0.39 is 13.2 Å². The van der Waals surface area contributed by atoms with Crippen molar-refractivity contribution in [1.29, 1.82) is 0 Å². The number of carbonyl (C=O) groups is 1. The van der Waals surface area contributed by atoms with Gasteiger partial charge in [-0.1, -0.05) is 72.8 Å². The van der Waals surface area contributed by atoms with Gasteiger partial charge in [-0.05, 0) is 60.1 Å².